The Balaban J connectivity index is 1.69. The molecule has 4 rings (SSSR count). The SMILES string of the molecule is COCCCC(=O)c1cccc(C2=C(c3ccncc3)N=C(c3ccccc3)C2)c1. The number of pyridine rings is 1. The van der Waals surface area contributed by atoms with E-state index in [9.17, 15) is 4.79 Å². The third kappa shape index (κ3) is 4.44. The third-order valence-electron chi connectivity index (χ3n) is 5.22. The number of methoxy groups -OCH3 is 1. The zero-order valence-electron chi connectivity index (χ0n) is 17.0. The Morgan fingerprint density at radius 3 is 2.47 bits per heavy atom. The van der Waals surface area contributed by atoms with Crippen molar-refractivity contribution in [2.75, 3.05) is 13.7 Å². The van der Waals surface area contributed by atoms with Gasteiger partial charge in [-0.15, -0.1) is 0 Å². The van der Waals surface area contributed by atoms with Gasteiger partial charge in [-0.3, -0.25) is 14.8 Å². The van der Waals surface area contributed by atoms with Crippen molar-refractivity contribution >= 4 is 22.8 Å². The number of carbonyl (C=O) groups is 1. The fourth-order valence-corrected chi connectivity index (χ4v) is 3.68. The lowest BCUT2D eigenvalue weighted by molar-refractivity contribution is 0.0963. The molecule has 0 radical (unpaired) electrons. The predicted molar refractivity (Wildman–Crippen MR) is 121 cm³/mol. The summed E-state index contributed by atoms with van der Waals surface area (Å²) in [6.07, 6.45) is 5.51. The van der Waals surface area contributed by atoms with Crippen LogP contribution in [0.5, 0.6) is 0 Å². The van der Waals surface area contributed by atoms with Gasteiger partial charge in [0.05, 0.1) is 11.4 Å². The maximum absolute atomic E-state index is 12.6. The van der Waals surface area contributed by atoms with E-state index in [4.69, 9.17) is 9.73 Å². The first-order valence-corrected chi connectivity index (χ1v) is 10.2. The van der Waals surface area contributed by atoms with Crippen LogP contribution in [0.25, 0.3) is 11.3 Å². The van der Waals surface area contributed by atoms with Crippen LogP contribution in [0.1, 0.15) is 46.3 Å². The molecule has 2 aromatic carbocycles. The molecule has 0 N–H and O–H groups in total. The molecular formula is C26H24N2O2. The van der Waals surface area contributed by atoms with Crippen LogP contribution in [0, 0.1) is 0 Å². The van der Waals surface area contributed by atoms with E-state index in [2.05, 4.69) is 23.2 Å². The highest BCUT2D eigenvalue weighted by Crippen LogP contribution is 2.37. The summed E-state index contributed by atoms with van der Waals surface area (Å²) in [5.41, 5.74) is 7.03. The van der Waals surface area contributed by atoms with Gasteiger partial charge in [-0.1, -0.05) is 48.5 Å². The van der Waals surface area contributed by atoms with Crippen molar-refractivity contribution in [3.63, 3.8) is 0 Å². The Kier molecular flexibility index (Phi) is 6.26. The van der Waals surface area contributed by atoms with Gasteiger partial charge in [0.2, 0.25) is 0 Å². The molecule has 0 saturated carbocycles. The first-order valence-electron chi connectivity index (χ1n) is 10.2. The van der Waals surface area contributed by atoms with E-state index in [1.165, 1.54) is 0 Å². The number of aliphatic imine (C=N–C) groups is 1. The Morgan fingerprint density at radius 1 is 0.933 bits per heavy atom. The van der Waals surface area contributed by atoms with Crippen LogP contribution in [0.15, 0.2) is 84.1 Å². The number of rotatable bonds is 8. The molecule has 4 heteroatoms. The molecule has 0 unspecified atom stereocenters. The van der Waals surface area contributed by atoms with Crippen molar-refractivity contribution in [2.45, 2.75) is 19.3 Å². The molecule has 0 aliphatic carbocycles. The molecule has 4 nitrogen and oxygen atoms in total. The lowest BCUT2D eigenvalue weighted by Crippen LogP contribution is -2.02. The minimum atomic E-state index is 0.141. The third-order valence-corrected chi connectivity index (χ3v) is 5.22. The van der Waals surface area contributed by atoms with Crippen molar-refractivity contribution in [1.82, 2.24) is 4.98 Å². The van der Waals surface area contributed by atoms with E-state index in [-0.39, 0.29) is 5.78 Å². The molecule has 0 spiro atoms. The average molecular weight is 396 g/mol. The van der Waals surface area contributed by atoms with Gasteiger partial charge in [0.25, 0.3) is 0 Å². The van der Waals surface area contributed by atoms with Crippen LogP contribution in [-0.4, -0.2) is 30.2 Å². The molecule has 0 saturated heterocycles. The van der Waals surface area contributed by atoms with Crippen molar-refractivity contribution in [1.29, 1.82) is 0 Å². The minimum absolute atomic E-state index is 0.141. The van der Waals surface area contributed by atoms with Crippen LogP contribution >= 0.6 is 0 Å². The molecule has 0 atom stereocenters. The predicted octanol–water partition coefficient (Wildman–Crippen LogP) is 5.45. The Hall–Kier alpha value is -3.37. The largest absolute Gasteiger partial charge is 0.385 e. The van der Waals surface area contributed by atoms with Gasteiger partial charge in [0, 0.05) is 50.1 Å². The van der Waals surface area contributed by atoms with Gasteiger partial charge in [-0.2, -0.15) is 0 Å². The molecular weight excluding hydrogens is 372 g/mol. The highest BCUT2D eigenvalue weighted by atomic mass is 16.5. The second kappa shape index (κ2) is 9.42. The van der Waals surface area contributed by atoms with Crippen molar-refractivity contribution in [2.24, 2.45) is 4.99 Å². The molecule has 0 fully saturated rings. The molecule has 0 bridgehead atoms. The van der Waals surface area contributed by atoms with Gasteiger partial charge >= 0.3 is 0 Å². The number of hydrogen-bond donors (Lipinski definition) is 0. The van der Waals surface area contributed by atoms with Crippen LogP contribution in [0.3, 0.4) is 0 Å². The number of allylic oxidation sites excluding steroid dienone is 1. The van der Waals surface area contributed by atoms with Gasteiger partial charge < -0.3 is 4.74 Å². The molecule has 1 aliphatic heterocycles. The number of benzene rings is 2. The summed E-state index contributed by atoms with van der Waals surface area (Å²) in [5, 5.41) is 0. The Bertz CT molecular complexity index is 1090. The van der Waals surface area contributed by atoms with E-state index < -0.39 is 0 Å². The summed E-state index contributed by atoms with van der Waals surface area (Å²) >= 11 is 0. The number of carbonyl (C=O) groups excluding carboxylic acids is 1. The van der Waals surface area contributed by atoms with Gasteiger partial charge in [0.15, 0.2) is 5.78 Å². The second-order valence-corrected chi connectivity index (χ2v) is 7.26. The summed E-state index contributed by atoms with van der Waals surface area (Å²) in [6.45, 7) is 0.594. The van der Waals surface area contributed by atoms with Crippen LogP contribution < -0.4 is 0 Å². The van der Waals surface area contributed by atoms with Crippen LogP contribution in [-0.2, 0) is 4.74 Å². The average Bonchev–Trinajstić information content (AvgIpc) is 3.26. The normalized spacial score (nSPS) is 13.4. The highest BCUT2D eigenvalue weighted by Gasteiger charge is 2.22. The van der Waals surface area contributed by atoms with Gasteiger partial charge in [-0.25, -0.2) is 0 Å². The van der Waals surface area contributed by atoms with E-state index in [1.54, 1.807) is 19.5 Å². The van der Waals surface area contributed by atoms with Crippen molar-refractivity contribution in [3.8, 4) is 0 Å². The zero-order chi connectivity index (χ0) is 20.8. The van der Waals surface area contributed by atoms with Crippen LogP contribution in [0.4, 0.5) is 0 Å². The minimum Gasteiger partial charge on any atom is -0.385 e. The Labute approximate surface area is 177 Å². The fourth-order valence-electron chi connectivity index (χ4n) is 3.68. The summed E-state index contributed by atoms with van der Waals surface area (Å²) in [4.78, 5) is 21.7. The van der Waals surface area contributed by atoms with Crippen molar-refractivity contribution < 1.29 is 9.53 Å². The number of hydrogen-bond acceptors (Lipinski definition) is 4. The smallest absolute Gasteiger partial charge is 0.162 e. The molecule has 150 valence electrons. The van der Waals surface area contributed by atoms with Crippen LogP contribution in [0.2, 0.25) is 0 Å². The maximum Gasteiger partial charge on any atom is 0.162 e. The van der Waals surface area contributed by atoms with E-state index in [1.807, 2.05) is 48.5 Å². The zero-order valence-corrected chi connectivity index (χ0v) is 17.0. The van der Waals surface area contributed by atoms with Gasteiger partial charge in [0.1, 0.15) is 0 Å². The monoisotopic (exact) mass is 396 g/mol. The van der Waals surface area contributed by atoms with E-state index in [0.29, 0.717) is 13.0 Å². The van der Waals surface area contributed by atoms with Crippen molar-refractivity contribution in [3.05, 3.63) is 101 Å². The molecule has 1 aliphatic rings. The second-order valence-electron chi connectivity index (χ2n) is 7.26. The topological polar surface area (TPSA) is 51.5 Å². The lowest BCUT2D eigenvalue weighted by Gasteiger charge is -2.09. The summed E-state index contributed by atoms with van der Waals surface area (Å²) in [5.74, 6) is 0.141. The summed E-state index contributed by atoms with van der Waals surface area (Å²) in [7, 11) is 1.66. The quantitative estimate of drug-likeness (QED) is 0.376. The summed E-state index contributed by atoms with van der Waals surface area (Å²) in [6, 6.07) is 22.1. The number of aromatic nitrogens is 1. The van der Waals surface area contributed by atoms with E-state index in [0.717, 1.165) is 52.1 Å². The molecule has 3 aromatic rings. The molecule has 1 aromatic heterocycles. The molecule has 30 heavy (non-hydrogen) atoms. The summed E-state index contributed by atoms with van der Waals surface area (Å²) < 4.78 is 5.07. The van der Waals surface area contributed by atoms with E-state index >= 15 is 0 Å². The standard InChI is InChI=1S/C26H24N2O2/c1-30-16-6-11-25(29)22-10-5-9-21(17-22)23-18-24(19-7-3-2-4-8-19)28-26(23)20-12-14-27-15-13-20/h2-5,7-10,12-15,17H,6,11,16,18H2,1H3. The number of Topliss-reactive ketones (excluding diaryl/α,β-unsaturated/α-hetero) is 1. The Morgan fingerprint density at radius 2 is 1.70 bits per heavy atom. The van der Waals surface area contributed by atoms with Gasteiger partial charge in [-0.05, 0) is 41.3 Å². The number of ether oxygens (including phenoxy) is 1. The first kappa shape index (κ1) is 19.9. The first-order chi connectivity index (χ1) is 14.8. The number of nitrogens with zero attached hydrogens (tertiary/aromatic N) is 2. The highest BCUT2D eigenvalue weighted by molar-refractivity contribution is 6.17. The molecule has 2 heterocycles. The maximum atomic E-state index is 12.6. The number of ketones is 1. The fraction of sp³-hybridized carbons (Fsp3) is 0.192. The lowest BCUT2D eigenvalue weighted by atomic mass is 9.94. The molecule has 0 amide bonds.